The Kier molecular flexibility index (Phi) is 8.85. The Balaban J connectivity index is 1.60. The summed E-state index contributed by atoms with van der Waals surface area (Å²) in [6.45, 7) is 8.79. The number of amides is 1. The summed E-state index contributed by atoms with van der Waals surface area (Å²) in [7, 11) is 0. The minimum absolute atomic E-state index is 0.0808. The average Bonchev–Trinajstić information content (AvgIpc) is 2.81. The van der Waals surface area contributed by atoms with Crippen LogP contribution in [0.4, 0.5) is 5.69 Å². The number of nitrogens with zero attached hydrogens (tertiary/aromatic N) is 2. The van der Waals surface area contributed by atoms with Crippen molar-refractivity contribution < 1.29 is 14.3 Å². The summed E-state index contributed by atoms with van der Waals surface area (Å²) >= 11 is 0. The van der Waals surface area contributed by atoms with Crippen molar-refractivity contribution in [1.29, 1.82) is 5.26 Å². The van der Waals surface area contributed by atoms with Gasteiger partial charge < -0.3 is 20.1 Å². The third-order valence-electron chi connectivity index (χ3n) is 5.14. The fraction of sp³-hybridized carbons (Fsp3) is 0.417. The van der Waals surface area contributed by atoms with Gasteiger partial charge in [0.05, 0.1) is 19.8 Å². The normalized spacial score (nSPS) is 14.9. The van der Waals surface area contributed by atoms with Crippen LogP contribution in [0, 0.1) is 11.3 Å². The Bertz CT molecular complexity index is 945. The van der Waals surface area contributed by atoms with Gasteiger partial charge in [0, 0.05) is 45.0 Å². The standard InChI is InChI=1S/C24H30N4O3/c1-2-30-12-8-27-24(29)22(18-25)16-19-3-4-21-17-23(6-5-20(21)15-19)26-7-9-28-10-13-31-14-11-28/h3-6,15-17,26H,2,7-14H2,1H3,(H,27,29)/b22-16+. The van der Waals surface area contributed by atoms with E-state index in [1.165, 1.54) is 0 Å². The van der Waals surface area contributed by atoms with Gasteiger partial charge in [-0.2, -0.15) is 5.26 Å². The molecule has 31 heavy (non-hydrogen) atoms. The number of nitriles is 1. The first-order valence-electron chi connectivity index (χ1n) is 10.7. The molecule has 0 radical (unpaired) electrons. The third-order valence-corrected chi connectivity index (χ3v) is 5.14. The minimum atomic E-state index is -0.387. The van der Waals surface area contributed by atoms with Crippen LogP contribution in [0.5, 0.6) is 0 Å². The molecule has 1 amide bonds. The molecule has 1 fully saturated rings. The summed E-state index contributed by atoms with van der Waals surface area (Å²) in [6, 6.07) is 14.1. The van der Waals surface area contributed by atoms with Crippen molar-refractivity contribution >= 4 is 28.4 Å². The number of rotatable bonds is 10. The van der Waals surface area contributed by atoms with E-state index < -0.39 is 0 Å². The Morgan fingerprint density at radius 2 is 1.97 bits per heavy atom. The van der Waals surface area contributed by atoms with Crippen molar-refractivity contribution in [1.82, 2.24) is 10.2 Å². The molecular formula is C24H30N4O3. The van der Waals surface area contributed by atoms with Crippen LogP contribution in [-0.2, 0) is 14.3 Å². The number of hydrogen-bond donors (Lipinski definition) is 2. The molecule has 0 aromatic heterocycles. The van der Waals surface area contributed by atoms with Crippen molar-refractivity contribution in [3.63, 3.8) is 0 Å². The molecule has 7 nitrogen and oxygen atoms in total. The molecule has 1 aliphatic heterocycles. The Morgan fingerprint density at radius 3 is 2.74 bits per heavy atom. The fourth-order valence-corrected chi connectivity index (χ4v) is 3.44. The van der Waals surface area contributed by atoms with E-state index in [2.05, 4.69) is 33.7 Å². The lowest BCUT2D eigenvalue weighted by Crippen LogP contribution is -2.38. The molecule has 7 heteroatoms. The maximum absolute atomic E-state index is 12.2. The minimum Gasteiger partial charge on any atom is -0.384 e. The van der Waals surface area contributed by atoms with E-state index in [0.29, 0.717) is 19.8 Å². The molecule has 0 unspecified atom stereocenters. The molecule has 0 bridgehead atoms. The molecule has 164 valence electrons. The molecule has 1 saturated heterocycles. The van der Waals surface area contributed by atoms with E-state index in [0.717, 1.165) is 61.4 Å². The number of fused-ring (bicyclic) bond motifs is 1. The maximum Gasteiger partial charge on any atom is 0.262 e. The van der Waals surface area contributed by atoms with E-state index in [4.69, 9.17) is 9.47 Å². The highest BCUT2D eigenvalue weighted by Gasteiger charge is 2.10. The molecule has 0 spiro atoms. The van der Waals surface area contributed by atoms with Crippen molar-refractivity contribution in [3.05, 3.63) is 47.5 Å². The van der Waals surface area contributed by atoms with Crippen LogP contribution in [0.25, 0.3) is 16.8 Å². The highest BCUT2D eigenvalue weighted by atomic mass is 16.5. The predicted molar refractivity (Wildman–Crippen MR) is 123 cm³/mol. The largest absolute Gasteiger partial charge is 0.384 e. The number of benzene rings is 2. The average molecular weight is 423 g/mol. The van der Waals surface area contributed by atoms with Crippen LogP contribution >= 0.6 is 0 Å². The van der Waals surface area contributed by atoms with Crippen molar-refractivity contribution in [2.75, 3.05) is 64.5 Å². The number of anilines is 1. The fourth-order valence-electron chi connectivity index (χ4n) is 3.44. The van der Waals surface area contributed by atoms with Gasteiger partial charge in [-0.25, -0.2) is 0 Å². The molecule has 2 aromatic carbocycles. The van der Waals surface area contributed by atoms with Crippen LogP contribution in [0.1, 0.15) is 12.5 Å². The lowest BCUT2D eigenvalue weighted by Gasteiger charge is -2.26. The molecule has 1 aliphatic rings. The van der Waals surface area contributed by atoms with Gasteiger partial charge in [-0.1, -0.05) is 18.2 Å². The van der Waals surface area contributed by atoms with Gasteiger partial charge in [-0.15, -0.1) is 0 Å². The summed E-state index contributed by atoms with van der Waals surface area (Å²) in [4.78, 5) is 14.6. The SMILES string of the molecule is CCOCCNC(=O)/C(C#N)=C/c1ccc2cc(NCCN3CCOCC3)ccc2c1. The number of nitrogens with one attached hydrogen (secondary N) is 2. The summed E-state index contributed by atoms with van der Waals surface area (Å²) in [5.41, 5.74) is 1.98. The zero-order chi connectivity index (χ0) is 21.9. The lowest BCUT2D eigenvalue weighted by atomic mass is 10.0. The number of hydrogen-bond acceptors (Lipinski definition) is 6. The molecule has 0 atom stereocenters. The highest BCUT2D eigenvalue weighted by molar-refractivity contribution is 6.02. The number of ether oxygens (including phenoxy) is 2. The van der Waals surface area contributed by atoms with Crippen molar-refractivity contribution in [2.45, 2.75) is 6.92 Å². The Morgan fingerprint density at radius 1 is 1.19 bits per heavy atom. The number of carbonyl (C=O) groups excluding carboxylic acids is 1. The van der Waals surface area contributed by atoms with Crippen molar-refractivity contribution in [3.8, 4) is 6.07 Å². The summed E-state index contributed by atoms with van der Waals surface area (Å²) in [5, 5.41) is 17.7. The third kappa shape index (κ3) is 7.07. The van der Waals surface area contributed by atoms with Gasteiger partial charge in [0.15, 0.2) is 0 Å². The van der Waals surface area contributed by atoms with Gasteiger partial charge in [0.1, 0.15) is 11.6 Å². The Hall–Kier alpha value is -2.92. The second-order valence-electron chi connectivity index (χ2n) is 7.32. The smallest absolute Gasteiger partial charge is 0.262 e. The van der Waals surface area contributed by atoms with Crippen LogP contribution in [-0.4, -0.2) is 70.0 Å². The zero-order valence-corrected chi connectivity index (χ0v) is 18.0. The van der Waals surface area contributed by atoms with Gasteiger partial charge in [-0.05, 0) is 47.5 Å². The van der Waals surface area contributed by atoms with E-state index in [-0.39, 0.29) is 11.5 Å². The van der Waals surface area contributed by atoms with Gasteiger partial charge in [0.2, 0.25) is 0 Å². The molecule has 2 aromatic rings. The van der Waals surface area contributed by atoms with Crippen LogP contribution in [0.2, 0.25) is 0 Å². The molecule has 3 rings (SSSR count). The predicted octanol–water partition coefficient (Wildman–Crippen LogP) is 2.64. The molecule has 0 saturated carbocycles. The Labute approximate surface area is 183 Å². The van der Waals surface area contributed by atoms with Crippen LogP contribution in [0.3, 0.4) is 0 Å². The van der Waals surface area contributed by atoms with Gasteiger partial charge in [-0.3, -0.25) is 9.69 Å². The van der Waals surface area contributed by atoms with Crippen LogP contribution in [0.15, 0.2) is 42.0 Å². The zero-order valence-electron chi connectivity index (χ0n) is 18.0. The van der Waals surface area contributed by atoms with Gasteiger partial charge in [0.25, 0.3) is 5.91 Å². The summed E-state index contributed by atoms with van der Waals surface area (Å²) in [5.74, 6) is -0.387. The molecule has 1 heterocycles. The summed E-state index contributed by atoms with van der Waals surface area (Å²) in [6.07, 6.45) is 1.62. The summed E-state index contributed by atoms with van der Waals surface area (Å²) < 4.78 is 10.6. The second kappa shape index (κ2) is 12.1. The number of carbonyl (C=O) groups is 1. The second-order valence-corrected chi connectivity index (χ2v) is 7.32. The van der Waals surface area contributed by atoms with Gasteiger partial charge >= 0.3 is 0 Å². The monoisotopic (exact) mass is 422 g/mol. The van der Waals surface area contributed by atoms with E-state index >= 15 is 0 Å². The van der Waals surface area contributed by atoms with E-state index in [9.17, 15) is 10.1 Å². The first-order valence-corrected chi connectivity index (χ1v) is 10.7. The lowest BCUT2D eigenvalue weighted by molar-refractivity contribution is -0.117. The first kappa shape index (κ1) is 22.8. The van der Waals surface area contributed by atoms with Crippen molar-refractivity contribution in [2.24, 2.45) is 0 Å². The topological polar surface area (TPSA) is 86.6 Å². The van der Waals surface area contributed by atoms with E-state index in [1.54, 1.807) is 6.08 Å². The van der Waals surface area contributed by atoms with Crippen LogP contribution < -0.4 is 10.6 Å². The first-order chi connectivity index (χ1) is 15.2. The van der Waals surface area contributed by atoms with E-state index in [1.807, 2.05) is 31.2 Å². The molecule has 0 aliphatic carbocycles. The quantitative estimate of drug-likeness (QED) is 0.348. The molecular weight excluding hydrogens is 392 g/mol. The molecule has 2 N–H and O–H groups in total. The number of morpholine rings is 1. The maximum atomic E-state index is 12.2. The highest BCUT2D eigenvalue weighted by Crippen LogP contribution is 2.22.